The second kappa shape index (κ2) is 6.73. The van der Waals surface area contributed by atoms with Crippen LogP contribution in [-0.2, 0) is 0 Å². The Kier molecular flexibility index (Phi) is 3.93. The van der Waals surface area contributed by atoms with E-state index in [4.69, 9.17) is 0 Å². The average molecular weight is 440 g/mol. The molecule has 0 aliphatic rings. The van der Waals surface area contributed by atoms with Crippen LogP contribution in [0.5, 0.6) is 0 Å². The van der Waals surface area contributed by atoms with Gasteiger partial charge in [0.1, 0.15) is 0 Å². The van der Waals surface area contributed by atoms with E-state index >= 15 is 0 Å². The lowest BCUT2D eigenvalue weighted by Gasteiger charge is -2.09. The molecule has 0 unspecified atom stereocenters. The van der Waals surface area contributed by atoms with E-state index in [1.54, 1.807) is 0 Å². The maximum Gasteiger partial charge on any atom is 0.0620 e. The fourth-order valence-electron chi connectivity index (χ4n) is 5.93. The van der Waals surface area contributed by atoms with Crippen molar-refractivity contribution < 1.29 is 0 Å². The number of fused-ring (bicyclic) bond motifs is 8. The van der Waals surface area contributed by atoms with E-state index < -0.39 is 0 Å². The summed E-state index contributed by atoms with van der Waals surface area (Å²) in [6, 6.07) is 28.3. The fraction of sp³-hybridized carbons (Fsp3) is 0.212. The van der Waals surface area contributed by atoms with E-state index in [9.17, 15) is 0 Å². The van der Waals surface area contributed by atoms with Crippen molar-refractivity contribution in [3.63, 3.8) is 0 Å². The maximum atomic E-state index is 2.51. The molecule has 166 valence electrons. The molecule has 0 radical (unpaired) electrons. The Morgan fingerprint density at radius 1 is 0.500 bits per heavy atom. The zero-order valence-corrected chi connectivity index (χ0v) is 20.5. The summed E-state index contributed by atoms with van der Waals surface area (Å²) in [4.78, 5) is 0. The molecule has 0 fully saturated rings. The molecule has 7 rings (SSSR count). The van der Waals surface area contributed by atoms with Crippen LogP contribution in [0.25, 0.3) is 59.6 Å². The third kappa shape index (κ3) is 2.61. The Hall–Kier alpha value is -3.58. The van der Waals surface area contributed by atoms with Crippen LogP contribution in [0, 0.1) is 6.92 Å². The van der Waals surface area contributed by atoms with Gasteiger partial charge in [0, 0.05) is 21.5 Å². The summed E-state index contributed by atoms with van der Waals surface area (Å²) in [6.45, 7) is 11.3. The Morgan fingerprint density at radius 3 is 1.41 bits per heavy atom. The first-order chi connectivity index (χ1) is 16.4. The number of hydrogen-bond donors (Lipinski definition) is 0. The molecule has 0 amide bonds. The van der Waals surface area contributed by atoms with Crippen LogP contribution in [-0.4, -0.2) is 4.40 Å². The molecule has 0 atom stereocenters. The predicted octanol–water partition coefficient (Wildman–Crippen LogP) is 9.70. The monoisotopic (exact) mass is 439 g/mol. The van der Waals surface area contributed by atoms with Gasteiger partial charge in [0.05, 0.1) is 16.6 Å². The van der Waals surface area contributed by atoms with Crippen molar-refractivity contribution in [1.29, 1.82) is 0 Å². The van der Waals surface area contributed by atoms with Gasteiger partial charge in [-0.05, 0) is 93.4 Å². The average Bonchev–Trinajstić information content (AvgIpc) is 3.30. The normalized spacial score (nSPS) is 12.8. The third-order valence-corrected chi connectivity index (χ3v) is 7.83. The zero-order chi connectivity index (χ0) is 23.3. The smallest absolute Gasteiger partial charge is 0.0620 e. The molecule has 0 bridgehead atoms. The maximum absolute atomic E-state index is 2.51. The summed E-state index contributed by atoms with van der Waals surface area (Å²) in [5.74, 6) is 1.07. The topological polar surface area (TPSA) is 4.41 Å². The van der Waals surface area contributed by atoms with Crippen LogP contribution >= 0.6 is 0 Å². The Morgan fingerprint density at radius 2 is 0.971 bits per heavy atom. The molecular formula is C33H29N. The number of aryl methyl sites for hydroxylation is 1. The molecule has 2 aromatic heterocycles. The molecule has 7 aromatic rings. The van der Waals surface area contributed by atoms with E-state index in [1.807, 2.05) is 0 Å². The Labute approximate surface area is 199 Å². The van der Waals surface area contributed by atoms with Gasteiger partial charge in [-0.15, -0.1) is 0 Å². The molecule has 2 heterocycles. The number of aromatic nitrogens is 1. The third-order valence-electron chi connectivity index (χ3n) is 7.83. The Bertz CT molecular complexity index is 1780. The van der Waals surface area contributed by atoms with Crippen molar-refractivity contribution in [3.8, 4) is 0 Å². The van der Waals surface area contributed by atoms with Crippen LogP contribution in [0.2, 0.25) is 0 Å². The summed E-state index contributed by atoms with van der Waals surface area (Å²) in [5, 5.41) is 10.7. The van der Waals surface area contributed by atoms with Crippen molar-refractivity contribution in [2.75, 3.05) is 0 Å². The van der Waals surface area contributed by atoms with Crippen LogP contribution in [0.1, 0.15) is 56.2 Å². The highest BCUT2D eigenvalue weighted by atomic mass is 14.9. The van der Waals surface area contributed by atoms with Gasteiger partial charge in [-0.3, -0.25) is 0 Å². The summed E-state index contributed by atoms with van der Waals surface area (Å²) < 4.78 is 2.51. The van der Waals surface area contributed by atoms with Crippen LogP contribution < -0.4 is 0 Å². The lowest BCUT2D eigenvalue weighted by Crippen LogP contribution is -1.88. The first-order valence-electron chi connectivity index (χ1n) is 12.5. The van der Waals surface area contributed by atoms with Crippen LogP contribution in [0.3, 0.4) is 0 Å². The van der Waals surface area contributed by atoms with Gasteiger partial charge >= 0.3 is 0 Å². The van der Waals surface area contributed by atoms with Gasteiger partial charge in [-0.1, -0.05) is 64.1 Å². The van der Waals surface area contributed by atoms with Gasteiger partial charge < -0.3 is 4.40 Å². The summed E-state index contributed by atoms with van der Waals surface area (Å²) in [6.07, 6.45) is 0. The van der Waals surface area contributed by atoms with Crippen molar-refractivity contribution in [1.82, 2.24) is 4.40 Å². The van der Waals surface area contributed by atoms with Crippen molar-refractivity contribution in [2.45, 2.75) is 46.5 Å². The number of hydrogen-bond acceptors (Lipinski definition) is 0. The van der Waals surface area contributed by atoms with Crippen LogP contribution in [0.4, 0.5) is 0 Å². The standard InChI is InChI=1S/C33H29N/c1-18(2)21-6-8-23-16-31-27(14-25(23)12-21)29-10-20(5)11-30-28-15-26-13-22(19(3)4)7-9-24(26)17-32(28)34(31)33(29)30/h6-19H,1-5H3. The molecule has 5 aromatic carbocycles. The van der Waals surface area contributed by atoms with E-state index in [0.29, 0.717) is 11.8 Å². The molecule has 0 aliphatic carbocycles. The molecule has 0 N–H and O–H groups in total. The van der Waals surface area contributed by atoms with Gasteiger partial charge in [0.25, 0.3) is 0 Å². The minimum Gasteiger partial charge on any atom is -0.308 e. The van der Waals surface area contributed by atoms with Crippen molar-refractivity contribution >= 4 is 59.6 Å². The Balaban J connectivity index is 1.66. The van der Waals surface area contributed by atoms with Gasteiger partial charge in [-0.2, -0.15) is 0 Å². The highest BCUT2D eigenvalue weighted by Gasteiger charge is 2.19. The van der Waals surface area contributed by atoms with E-state index in [-0.39, 0.29) is 0 Å². The van der Waals surface area contributed by atoms with E-state index in [0.717, 1.165) is 0 Å². The highest BCUT2D eigenvalue weighted by molar-refractivity contribution is 6.26. The quantitative estimate of drug-likeness (QED) is 0.252. The predicted molar refractivity (Wildman–Crippen MR) is 149 cm³/mol. The molecular weight excluding hydrogens is 410 g/mol. The zero-order valence-electron chi connectivity index (χ0n) is 20.5. The first-order valence-corrected chi connectivity index (χ1v) is 12.5. The summed E-state index contributed by atoms with van der Waals surface area (Å²) in [5.41, 5.74) is 8.09. The van der Waals surface area contributed by atoms with E-state index in [2.05, 4.69) is 112 Å². The molecule has 0 aliphatic heterocycles. The lowest BCUT2D eigenvalue weighted by molar-refractivity contribution is 0.869. The minimum absolute atomic E-state index is 0.533. The molecule has 1 nitrogen and oxygen atoms in total. The SMILES string of the molecule is Cc1cc2c3cc4cc(C(C)C)ccc4cc3n3c4cc5ccc(C(C)C)cc5cc4c(c1)c23. The van der Waals surface area contributed by atoms with E-state index in [1.165, 1.54) is 76.3 Å². The number of rotatable bonds is 2. The largest absolute Gasteiger partial charge is 0.308 e. The second-order valence-corrected chi connectivity index (χ2v) is 10.8. The van der Waals surface area contributed by atoms with Crippen molar-refractivity contribution in [3.05, 3.63) is 89.5 Å². The number of benzene rings is 5. The second-order valence-electron chi connectivity index (χ2n) is 10.8. The summed E-state index contributed by atoms with van der Waals surface area (Å²) in [7, 11) is 0. The van der Waals surface area contributed by atoms with Crippen molar-refractivity contribution in [2.24, 2.45) is 0 Å². The van der Waals surface area contributed by atoms with Gasteiger partial charge in [-0.25, -0.2) is 0 Å². The van der Waals surface area contributed by atoms with Crippen LogP contribution in [0.15, 0.2) is 72.8 Å². The lowest BCUT2D eigenvalue weighted by atomic mass is 9.96. The number of nitrogens with zero attached hydrogens (tertiary/aromatic N) is 1. The fourth-order valence-corrected chi connectivity index (χ4v) is 5.93. The molecule has 0 saturated heterocycles. The molecule has 0 saturated carbocycles. The minimum atomic E-state index is 0.533. The first kappa shape index (κ1) is 19.9. The highest BCUT2D eigenvalue weighted by Crippen LogP contribution is 2.42. The summed E-state index contributed by atoms with van der Waals surface area (Å²) >= 11 is 0. The molecule has 0 spiro atoms. The molecule has 1 heteroatoms. The van der Waals surface area contributed by atoms with Gasteiger partial charge in [0.15, 0.2) is 0 Å². The molecule has 34 heavy (non-hydrogen) atoms. The van der Waals surface area contributed by atoms with Gasteiger partial charge in [0.2, 0.25) is 0 Å².